The van der Waals surface area contributed by atoms with Crippen LogP contribution < -0.4 is 5.32 Å². The van der Waals surface area contributed by atoms with Gasteiger partial charge in [0.2, 0.25) is 0 Å². The van der Waals surface area contributed by atoms with Crippen LogP contribution in [0.4, 0.5) is 10.1 Å². The standard InChI is InChI=1S/C14H10BrClFNO2/c15-11-3-1-2-4-12(11)18-13(14(19)20)8-5-9(16)7-10(17)6-8/h1-7,13,18H,(H,19,20). The molecule has 2 aromatic carbocycles. The van der Waals surface area contributed by atoms with E-state index in [0.29, 0.717) is 10.2 Å². The molecule has 0 aromatic heterocycles. The number of halogens is 3. The van der Waals surface area contributed by atoms with Crippen molar-refractivity contribution in [3.63, 3.8) is 0 Å². The van der Waals surface area contributed by atoms with Crippen molar-refractivity contribution < 1.29 is 14.3 Å². The molecule has 0 aliphatic carbocycles. The topological polar surface area (TPSA) is 49.3 Å². The van der Waals surface area contributed by atoms with E-state index in [0.717, 1.165) is 12.1 Å². The predicted molar refractivity (Wildman–Crippen MR) is 79.6 cm³/mol. The van der Waals surface area contributed by atoms with Gasteiger partial charge in [-0.05, 0) is 51.8 Å². The molecule has 0 aliphatic rings. The smallest absolute Gasteiger partial charge is 0.330 e. The number of carboxylic acids is 1. The van der Waals surface area contributed by atoms with Crippen molar-refractivity contribution >= 4 is 39.2 Å². The molecule has 104 valence electrons. The molecule has 2 rings (SSSR count). The van der Waals surface area contributed by atoms with E-state index in [1.165, 1.54) is 6.07 Å². The summed E-state index contributed by atoms with van der Waals surface area (Å²) in [6, 6.07) is 9.68. The second-order valence-corrected chi connectivity index (χ2v) is 5.39. The lowest BCUT2D eigenvalue weighted by Gasteiger charge is -2.17. The third kappa shape index (κ3) is 3.49. The highest BCUT2D eigenvalue weighted by molar-refractivity contribution is 9.10. The van der Waals surface area contributed by atoms with E-state index in [4.69, 9.17) is 11.6 Å². The lowest BCUT2D eigenvalue weighted by Crippen LogP contribution is -2.20. The number of aliphatic carboxylic acids is 1. The normalized spacial score (nSPS) is 11.9. The Morgan fingerprint density at radius 1 is 1.30 bits per heavy atom. The van der Waals surface area contributed by atoms with Gasteiger partial charge in [-0.1, -0.05) is 23.7 Å². The fourth-order valence-electron chi connectivity index (χ4n) is 1.76. The van der Waals surface area contributed by atoms with Crippen LogP contribution >= 0.6 is 27.5 Å². The lowest BCUT2D eigenvalue weighted by atomic mass is 10.1. The Kier molecular flexibility index (Phi) is 4.62. The van der Waals surface area contributed by atoms with E-state index < -0.39 is 17.8 Å². The Bertz CT molecular complexity index is 631. The molecule has 2 aromatic rings. The van der Waals surface area contributed by atoms with Gasteiger partial charge in [-0.3, -0.25) is 0 Å². The van der Waals surface area contributed by atoms with E-state index in [1.54, 1.807) is 18.2 Å². The van der Waals surface area contributed by atoms with Gasteiger partial charge in [0, 0.05) is 15.2 Å². The van der Waals surface area contributed by atoms with Crippen molar-refractivity contribution in [3.05, 3.63) is 63.3 Å². The van der Waals surface area contributed by atoms with Crippen LogP contribution in [0, 0.1) is 5.82 Å². The van der Waals surface area contributed by atoms with Gasteiger partial charge in [0.15, 0.2) is 6.04 Å². The third-order valence-corrected chi connectivity index (χ3v) is 3.55. The predicted octanol–water partition coefficient (Wildman–Crippen LogP) is 4.48. The maximum absolute atomic E-state index is 13.4. The molecule has 0 heterocycles. The van der Waals surface area contributed by atoms with Crippen molar-refractivity contribution in [2.75, 3.05) is 5.32 Å². The Morgan fingerprint density at radius 2 is 2.00 bits per heavy atom. The Hall–Kier alpha value is -1.59. The van der Waals surface area contributed by atoms with Crippen LogP contribution in [0.2, 0.25) is 5.02 Å². The first-order chi connectivity index (χ1) is 9.47. The van der Waals surface area contributed by atoms with Gasteiger partial charge in [0.05, 0.1) is 0 Å². The molecule has 0 saturated carbocycles. The summed E-state index contributed by atoms with van der Waals surface area (Å²) in [5.41, 5.74) is 0.846. The van der Waals surface area contributed by atoms with Crippen molar-refractivity contribution in [2.45, 2.75) is 6.04 Å². The van der Waals surface area contributed by atoms with Crippen molar-refractivity contribution in [2.24, 2.45) is 0 Å². The first kappa shape index (κ1) is 14.8. The number of carboxylic acid groups (broad SMARTS) is 1. The molecule has 0 fully saturated rings. The summed E-state index contributed by atoms with van der Waals surface area (Å²) < 4.78 is 14.1. The van der Waals surface area contributed by atoms with Crippen LogP contribution in [-0.4, -0.2) is 11.1 Å². The molecular formula is C14H10BrClFNO2. The fraction of sp³-hybridized carbons (Fsp3) is 0.0714. The molecule has 0 bridgehead atoms. The first-order valence-electron chi connectivity index (χ1n) is 5.67. The number of hydrogen-bond acceptors (Lipinski definition) is 2. The minimum absolute atomic E-state index is 0.153. The van der Waals surface area contributed by atoms with Crippen LogP contribution in [0.15, 0.2) is 46.9 Å². The highest BCUT2D eigenvalue weighted by atomic mass is 79.9. The van der Waals surface area contributed by atoms with Crippen molar-refractivity contribution in [1.29, 1.82) is 0 Å². The zero-order valence-electron chi connectivity index (χ0n) is 10.1. The third-order valence-electron chi connectivity index (χ3n) is 2.64. The molecule has 1 atom stereocenters. The maximum atomic E-state index is 13.4. The highest BCUT2D eigenvalue weighted by Crippen LogP contribution is 2.28. The molecule has 1 unspecified atom stereocenters. The van der Waals surface area contributed by atoms with Gasteiger partial charge in [-0.15, -0.1) is 0 Å². The fourth-order valence-corrected chi connectivity index (χ4v) is 2.39. The van der Waals surface area contributed by atoms with Gasteiger partial charge >= 0.3 is 5.97 Å². The second-order valence-electron chi connectivity index (χ2n) is 4.10. The minimum atomic E-state index is -1.12. The summed E-state index contributed by atoms with van der Waals surface area (Å²) in [6.07, 6.45) is 0. The lowest BCUT2D eigenvalue weighted by molar-refractivity contribution is -0.138. The van der Waals surface area contributed by atoms with Gasteiger partial charge < -0.3 is 10.4 Å². The SMILES string of the molecule is O=C(O)C(Nc1ccccc1Br)c1cc(F)cc(Cl)c1. The first-order valence-corrected chi connectivity index (χ1v) is 6.84. The number of nitrogens with one attached hydrogen (secondary N) is 1. The van der Waals surface area contributed by atoms with Crippen molar-refractivity contribution in [1.82, 2.24) is 0 Å². The van der Waals surface area contributed by atoms with Gasteiger partial charge in [-0.2, -0.15) is 0 Å². The van der Waals surface area contributed by atoms with E-state index >= 15 is 0 Å². The van der Waals surface area contributed by atoms with Gasteiger partial charge in [-0.25, -0.2) is 9.18 Å². The molecule has 3 nitrogen and oxygen atoms in total. The number of anilines is 1. The molecule has 2 N–H and O–H groups in total. The molecule has 0 amide bonds. The average molecular weight is 359 g/mol. The van der Waals surface area contributed by atoms with Crippen LogP contribution in [0.5, 0.6) is 0 Å². The molecule has 0 radical (unpaired) electrons. The summed E-state index contributed by atoms with van der Waals surface area (Å²) in [5, 5.41) is 12.3. The molecule has 20 heavy (non-hydrogen) atoms. The van der Waals surface area contributed by atoms with E-state index in [9.17, 15) is 14.3 Å². The van der Waals surface area contributed by atoms with Crippen molar-refractivity contribution in [3.8, 4) is 0 Å². The van der Waals surface area contributed by atoms with Crippen LogP contribution in [0.3, 0.4) is 0 Å². The monoisotopic (exact) mass is 357 g/mol. The number of para-hydroxylation sites is 1. The zero-order valence-corrected chi connectivity index (χ0v) is 12.5. The number of hydrogen-bond donors (Lipinski definition) is 2. The zero-order chi connectivity index (χ0) is 14.7. The largest absolute Gasteiger partial charge is 0.479 e. The second kappa shape index (κ2) is 6.24. The van der Waals surface area contributed by atoms with E-state index in [1.807, 2.05) is 6.07 Å². The minimum Gasteiger partial charge on any atom is -0.479 e. The summed E-state index contributed by atoms with van der Waals surface area (Å²) in [4.78, 5) is 11.4. The maximum Gasteiger partial charge on any atom is 0.330 e. The molecule has 0 spiro atoms. The van der Waals surface area contributed by atoms with E-state index in [-0.39, 0.29) is 10.6 Å². The van der Waals surface area contributed by atoms with Crippen LogP contribution in [-0.2, 0) is 4.79 Å². The Morgan fingerprint density at radius 3 is 2.60 bits per heavy atom. The number of rotatable bonds is 4. The number of carbonyl (C=O) groups is 1. The Labute approximate surface area is 128 Å². The van der Waals surface area contributed by atoms with Crippen LogP contribution in [0.25, 0.3) is 0 Å². The molecule has 6 heteroatoms. The van der Waals surface area contributed by atoms with Gasteiger partial charge in [0.1, 0.15) is 5.82 Å². The summed E-state index contributed by atoms with van der Waals surface area (Å²) in [7, 11) is 0. The quantitative estimate of drug-likeness (QED) is 0.847. The summed E-state index contributed by atoms with van der Waals surface area (Å²) >= 11 is 9.08. The van der Waals surface area contributed by atoms with Gasteiger partial charge in [0.25, 0.3) is 0 Å². The summed E-state index contributed by atoms with van der Waals surface area (Å²) in [5.74, 6) is -1.70. The van der Waals surface area contributed by atoms with Crippen LogP contribution in [0.1, 0.15) is 11.6 Å². The molecular weight excluding hydrogens is 349 g/mol. The highest BCUT2D eigenvalue weighted by Gasteiger charge is 2.21. The Balaban J connectivity index is 2.37. The average Bonchev–Trinajstić information content (AvgIpc) is 2.36. The molecule has 0 saturated heterocycles. The molecule has 0 aliphatic heterocycles. The number of benzene rings is 2. The van der Waals surface area contributed by atoms with E-state index in [2.05, 4.69) is 21.2 Å². The summed E-state index contributed by atoms with van der Waals surface area (Å²) in [6.45, 7) is 0.